The summed E-state index contributed by atoms with van der Waals surface area (Å²) in [5, 5.41) is 6.67. The molecule has 0 aromatic carbocycles. The smallest absolute Gasteiger partial charge is 0.153 e. The molecule has 1 aliphatic heterocycles. The van der Waals surface area contributed by atoms with Crippen LogP contribution in [0.1, 0.15) is 39.5 Å². The fourth-order valence-electron chi connectivity index (χ4n) is 2.26. The van der Waals surface area contributed by atoms with Crippen molar-refractivity contribution in [1.82, 2.24) is 10.6 Å². The van der Waals surface area contributed by atoms with Gasteiger partial charge in [-0.2, -0.15) is 0 Å². The molecule has 1 saturated heterocycles. The Bertz CT molecular complexity index is 315. The minimum Gasteiger partial charge on any atom is -0.317 e. The molecule has 0 bridgehead atoms. The van der Waals surface area contributed by atoms with Gasteiger partial charge in [0.25, 0.3) is 0 Å². The van der Waals surface area contributed by atoms with E-state index in [4.69, 9.17) is 0 Å². The zero-order valence-corrected chi connectivity index (χ0v) is 12.6. The summed E-state index contributed by atoms with van der Waals surface area (Å²) in [4.78, 5) is 0. The van der Waals surface area contributed by atoms with E-state index in [-0.39, 0.29) is 6.04 Å². The standard InChI is InChI=1S/C13H28N2O2S/c1-12(2)5-3-4-7-14-8-6-13-11-18(16,17)10-9-15-13/h12-15H,3-11H2,1-2H3. The van der Waals surface area contributed by atoms with Crippen LogP contribution in [0.3, 0.4) is 0 Å². The first-order valence-corrected chi connectivity index (χ1v) is 8.96. The van der Waals surface area contributed by atoms with Crippen LogP contribution in [0.2, 0.25) is 0 Å². The summed E-state index contributed by atoms with van der Waals surface area (Å²) in [6.07, 6.45) is 4.70. The van der Waals surface area contributed by atoms with Gasteiger partial charge in [-0.15, -0.1) is 0 Å². The number of sulfone groups is 1. The predicted molar refractivity (Wildman–Crippen MR) is 76.6 cm³/mol. The molecule has 0 spiro atoms. The second kappa shape index (κ2) is 8.12. The van der Waals surface area contributed by atoms with Crippen LogP contribution in [0, 0.1) is 5.92 Å². The fraction of sp³-hybridized carbons (Fsp3) is 1.00. The Balaban J connectivity index is 1.98. The Kier molecular flexibility index (Phi) is 7.19. The number of nitrogens with one attached hydrogen (secondary N) is 2. The van der Waals surface area contributed by atoms with Crippen molar-refractivity contribution in [3.05, 3.63) is 0 Å². The molecule has 18 heavy (non-hydrogen) atoms. The van der Waals surface area contributed by atoms with Crippen LogP contribution in [0.15, 0.2) is 0 Å². The summed E-state index contributed by atoms with van der Waals surface area (Å²) in [7, 11) is -2.78. The van der Waals surface area contributed by atoms with E-state index in [0.717, 1.165) is 25.4 Å². The molecule has 2 N–H and O–H groups in total. The molecule has 0 aliphatic carbocycles. The first kappa shape index (κ1) is 15.9. The van der Waals surface area contributed by atoms with Gasteiger partial charge in [0.1, 0.15) is 0 Å². The van der Waals surface area contributed by atoms with Crippen molar-refractivity contribution in [3.63, 3.8) is 0 Å². The molecular formula is C13H28N2O2S. The SMILES string of the molecule is CC(C)CCCCNCCC1CS(=O)(=O)CCN1. The van der Waals surface area contributed by atoms with E-state index in [9.17, 15) is 8.42 Å². The van der Waals surface area contributed by atoms with Gasteiger partial charge in [0.15, 0.2) is 9.84 Å². The maximum Gasteiger partial charge on any atom is 0.153 e. The molecule has 0 aromatic heterocycles. The molecule has 0 saturated carbocycles. The van der Waals surface area contributed by atoms with Gasteiger partial charge in [0.05, 0.1) is 11.5 Å². The number of rotatable bonds is 8. The van der Waals surface area contributed by atoms with Gasteiger partial charge in [-0.25, -0.2) is 8.42 Å². The normalized spacial score (nSPS) is 23.4. The molecule has 0 radical (unpaired) electrons. The molecular weight excluding hydrogens is 248 g/mol. The summed E-state index contributed by atoms with van der Waals surface area (Å²) in [5.74, 6) is 1.40. The van der Waals surface area contributed by atoms with E-state index in [1.54, 1.807) is 0 Å². The fourth-order valence-corrected chi connectivity index (χ4v) is 3.75. The summed E-state index contributed by atoms with van der Waals surface area (Å²) in [6, 6.07) is 0.145. The van der Waals surface area contributed by atoms with Gasteiger partial charge in [-0.05, 0) is 31.8 Å². The number of hydrogen-bond donors (Lipinski definition) is 2. The summed E-state index contributed by atoms with van der Waals surface area (Å²) < 4.78 is 22.9. The lowest BCUT2D eigenvalue weighted by Gasteiger charge is -2.23. The van der Waals surface area contributed by atoms with Crippen molar-refractivity contribution in [3.8, 4) is 0 Å². The Hall–Kier alpha value is -0.130. The molecule has 1 aliphatic rings. The number of hydrogen-bond acceptors (Lipinski definition) is 4. The monoisotopic (exact) mass is 276 g/mol. The highest BCUT2D eigenvalue weighted by Gasteiger charge is 2.23. The van der Waals surface area contributed by atoms with Crippen molar-refractivity contribution in [2.75, 3.05) is 31.1 Å². The summed E-state index contributed by atoms with van der Waals surface area (Å²) >= 11 is 0. The van der Waals surface area contributed by atoms with E-state index in [2.05, 4.69) is 24.5 Å². The lowest BCUT2D eigenvalue weighted by molar-refractivity contribution is 0.470. The van der Waals surface area contributed by atoms with Crippen LogP contribution in [0.25, 0.3) is 0 Å². The molecule has 0 aromatic rings. The van der Waals surface area contributed by atoms with E-state index in [1.165, 1.54) is 19.3 Å². The second-order valence-corrected chi connectivity index (χ2v) is 7.92. The minimum atomic E-state index is -2.78. The maximum absolute atomic E-state index is 11.4. The van der Waals surface area contributed by atoms with Gasteiger partial charge < -0.3 is 10.6 Å². The van der Waals surface area contributed by atoms with E-state index >= 15 is 0 Å². The molecule has 1 atom stereocenters. The molecule has 1 fully saturated rings. The van der Waals surface area contributed by atoms with Crippen molar-refractivity contribution in [2.45, 2.75) is 45.6 Å². The molecule has 1 unspecified atom stereocenters. The van der Waals surface area contributed by atoms with E-state index in [1.807, 2.05) is 0 Å². The molecule has 0 amide bonds. The van der Waals surface area contributed by atoms with Crippen molar-refractivity contribution in [1.29, 1.82) is 0 Å². The average Bonchev–Trinajstić information content (AvgIpc) is 2.26. The zero-order valence-electron chi connectivity index (χ0n) is 11.7. The van der Waals surface area contributed by atoms with Crippen LogP contribution in [-0.2, 0) is 9.84 Å². The van der Waals surface area contributed by atoms with E-state index < -0.39 is 9.84 Å². The molecule has 5 heteroatoms. The van der Waals surface area contributed by atoms with Crippen LogP contribution < -0.4 is 10.6 Å². The van der Waals surface area contributed by atoms with Gasteiger partial charge in [0.2, 0.25) is 0 Å². The highest BCUT2D eigenvalue weighted by atomic mass is 32.2. The lowest BCUT2D eigenvalue weighted by Crippen LogP contribution is -2.46. The second-order valence-electron chi connectivity index (χ2n) is 5.69. The first-order valence-electron chi connectivity index (χ1n) is 7.14. The maximum atomic E-state index is 11.4. The topological polar surface area (TPSA) is 58.2 Å². The van der Waals surface area contributed by atoms with Gasteiger partial charge in [-0.1, -0.05) is 26.7 Å². The summed E-state index contributed by atoms with van der Waals surface area (Å²) in [5.41, 5.74) is 0. The highest BCUT2D eigenvalue weighted by molar-refractivity contribution is 7.91. The van der Waals surface area contributed by atoms with Crippen molar-refractivity contribution in [2.24, 2.45) is 5.92 Å². The Morgan fingerprint density at radius 3 is 2.72 bits per heavy atom. The Labute approximate surface area is 112 Å². The average molecular weight is 276 g/mol. The molecule has 1 heterocycles. The summed E-state index contributed by atoms with van der Waals surface area (Å²) in [6.45, 7) is 7.08. The van der Waals surface area contributed by atoms with Crippen molar-refractivity contribution >= 4 is 9.84 Å². The van der Waals surface area contributed by atoms with E-state index in [0.29, 0.717) is 18.1 Å². The van der Waals surface area contributed by atoms with Crippen molar-refractivity contribution < 1.29 is 8.42 Å². The minimum absolute atomic E-state index is 0.145. The number of unbranched alkanes of at least 4 members (excludes halogenated alkanes) is 1. The van der Waals surface area contributed by atoms with Gasteiger partial charge >= 0.3 is 0 Å². The first-order chi connectivity index (χ1) is 8.49. The van der Waals surface area contributed by atoms with Crippen LogP contribution in [0.4, 0.5) is 0 Å². The zero-order chi connectivity index (χ0) is 13.4. The van der Waals surface area contributed by atoms with Crippen LogP contribution in [-0.4, -0.2) is 45.6 Å². The third-order valence-electron chi connectivity index (χ3n) is 3.36. The third kappa shape index (κ3) is 7.34. The Morgan fingerprint density at radius 1 is 1.28 bits per heavy atom. The molecule has 108 valence electrons. The van der Waals surface area contributed by atoms with Crippen LogP contribution >= 0.6 is 0 Å². The van der Waals surface area contributed by atoms with Crippen LogP contribution in [0.5, 0.6) is 0 Å². The van der Waals surface area contributed by atoms with Gasteiger partial charge in [-0.3, -0.25) is 0 Å². The Morgan fingerprint density at radius 2 is 2.06 bits per heavy atom. The quantitative estimate of drug-likeness (QED) is 0.654. The highest BCUT2D eigenvalue weighted by Crippen LogP contribution is 2.06. The third-order valence-corrected chi connectivity index (χ3v) is 5.09. The lowest BCUT2D eigenvalue weighted by atomic mass is 10.1. The largest absolute Gasteiger partial charge is 0.317 e. The predicted octanol–water partition coefficient (Wildman–Crippen LogP) is 1.18. The molecule has 4 nitrogen and oxygen atoms in total. The molecule has 1 rings (SSSR count). The van der Waals surface area contributed by atoms with Gasteiger partial charge in [0, 0.05) is 12.6 Å².